The lowest BCUT2D eigenvalue weighted by atomic mass is 9.54. The highest BCUT2D eigenvalue weighted by molar-refractivity contribution is 5.93. The number of unbranched alkanes of at least 4 members (excludes halogenated alkanes) is 1. The summed E-state index contributed by atoms with van der Waals surface area (Å²) in [5.41, 5.74) is 17.1. The Morgan fingerprint density at radius 1 is 0.814 bits per heavy atom. The molecule has 2 aliphatic heterocycles. The standard InChI is InChI=1S/C41H52N2/c1-10-13-16-25-20-26-21-28(25)35-24(4)19-34-37(36(26)35)42(9)38-41(8,12-3)40(7,11-2)32-22-29-27-17-14-15-18-30(27)39(5,6)31(29)23-33(32)43(34)38/h14-15,17-19,22-23,25-26,28,38H,10-13,16,20-21H2,1-9H3. The summed E-state index contributed by atoms with van der Waals surface area (Å²) in [4.78, 5) is 5.60. The minimum atomic E-state index is -0.000460. The minimum Gasteiger partial charge on any atom is -0.352 e. The van der Waals surface area contributed by atoms with Crippen molar-refractivity contribution < 1.29 is 0 Å². The molecule has 3 aliphatic carbocycles. The Hall–Kier alpha value is -2.74. The lowest BCUT2D eigenvalue weighted by Gasteiger charge is -2.59. The van der Waals surface area contributed by atoms with Gasteiger partial charge in [0.25, 0.3) is 0 Å². The van der Waals surface area contributed by atoms with Gasteiger partial charge in [0, 0.05) is 29.0 Å². The van der Waals surface area contributed by atoms with Gasteiger partial charge in [-0.1, -0.05) is 85.6 Å². The Labute approximate surface area is 260 Å². The van der Waals surface area contributed by atoms with Crippen molar-refractivity contribution in [3.05, 3.63) is 75.8 Å². The van der Waals surface area contributed by atoms with Crippen LogP contribution < -0.4 is 9.80 Å². The van der Waals surface area contributed by atoms with Crippen LogP contribution in [-0.2, 0) is 10.8 Å². The number of nitrogens with zero attached hydrogens (tertiary/aromatic N) is 2. The Morgan fingerprint density at radius 2 is 1.58 bits per heavy atom. The van der Waals surface area contributed by atoms with Gasteiger partial charge < -0.3 is 9.80 Å². The molecule has 0 spiro atoms. The lowest BCUT2D eigenvalue weighted by molar-refractivity contribution is 0.0944. The number of benzene rings is 3. The van der Waals surface area contributed by atoms with E-state index in [-0.39, 0.29) is 16.2 Å². The molecule has 3 aromatic carbocycles. The second-order valence-electron chi connectivity index (χ2n) is 16.0. The van der Waals surface area contributed by atoms with Crippen molar-refractivity contribution in [2.45, 2.75) is 129 Å². The van der Waals surface area contributed by atoms with Crippen LogP contribution in [0.4, 0.5) is 17.1 Å². The van der Waals surface area contributed by atoms with E-state index in [0.717, 1.165) is 30.6 Å². The van der Waals surface area contributed by atoms with Crippen molar-refractivity contribution in [2.24, 2.45) is 11.3 Å². The van der Waals surface area contributed by atoms with E-state index in [0.29, 0.717) is 6.17 Å². The van der Waals surface area contributed by atoms with Gasteiger partial charge >= 0.3 is 0 Å². The Balaban J connectivity index is 1.38. The van der Waals surface area contributed by atoms with Crippen LogP contribution in [0.2, 0.25) is 0 Å². The van der Waals surface area contributed by atoms with Crippen LogP contribution in [0.15, 0.2) is 42.5 Å². The monoisotopic (exact) mass is 572 g/mol. The summed E-state index contributed by atoms with van der Waals surface area (Å²) in [6, 6.07) is 17.1. The molecule has 0 amide bonds. The molecule has 1 fully saturated rings. The molecule has 6 atom stereocenters. The van der Waals surface area contributed by atoms with Gasteiger partial charge in [-0.2, -0.15) is 0 Å². The van der Waals surface area contributed by atoms with Crippen LogP contribution in [0.1, 0.15) is 139 Å². The van der Waals surface area contributed by atoms with Gasteiger partial charge in [-0.15, -0.1) is 0 Å². The second kappa shape index (κ2) is 8.92. The normalized spacial score (nSPS) is 31.9. The third-order valence-electron chi connectivity index (χ3n) is 14.0. The summed E-state index contributed by atoms with van der Waals surface area (Å²) in [6.07, 6.45) is 9.52. The molecule has 226 valence electrons. The lowest BCUT2D eigenvalue weighted by Crippen LogP contribution is -2.62. The largest absolute Gasteiger partial charge is 0.352 e. The molecule has 2 heteroatoms. The van der Waals surface area contributed by atoms with Gasteiger partial charge in [-0.3, -0.25) is 0 Å². The SMILES string of the molecule is CCCCC1CC2CC1c1c(C)cc3c(c12)N(C)C1N3c2cc3c(cc2C(C)(CC)C1(C)CC)-c1ccccc1C3(C)C. The van der Waals surface area contributed by atoms with Crippen molar-refractivity contribution in [1.29, 1.82) is 0 Å². The fourth-order valence-electron chi connectivity index (χ4n) is 11.3. The predicted molar refractivity (Wildman–Crippen MR) is 183 cm³/mol. The number of hydrogen-bond acceptors (Lipinski definition) is 2. The quantitative estimate of drug-likeness (QED) is 0.300. The van der Waals surface area contributed by atoms with Gasteiger partial charge in [-0.05, 0) is 119 Å². The van der Waals surface area contributed by atoms with Crippen LogP contribution in [0.3, 0.4) is 0 Å². The molecule has 3 aromatic rings. The van der Waals surface area contributed by atoms with Crippen LogP contribution in [0.5, 0.6) is 0 Å². The fourth-order valence-corrected chi connectivity index (χ4v) is 11.3. The van der Waals surface area contributed by atoms with Crippen LogP contribution in [0, 0.1) is 18.3 Å². The molecule has 6 unspecified atom stereocenters. The summed E-state index contributed by atoms with van der Waals surface area (Å²) < 4.78 is 0. The van der Waals surface area contributed by atoms with Crippen LogP contribution >= 0.6 is 0 Å². The topological polar surface area (TPSA) is 6.48 Å². The van der Waals surface area contributed by atoms with Gasteiger partial charge in [-0.25, -0.2) is 0 Å². The van der Waals surface area contributed by atoms with E-state index in [2.05, 4.69) is 115 Å². The fraction of sp³-hybridized carbons (Fsp3) is 0.561. The van der Waals surface area contributed by atoms with Crippen molar-refractivity contribution in [1.82, 2.24) is 0 Å². The van der Waals surface area contributed by atoms with Crippen molar-refractivity contribution in [3.63, 3.8) is 0 Å². The van der Waals surface area contributed by atoms with E-state index in [9.17, 15) is 0 Å². The number of rotatable bonds is 5. The Bertz CT molecular complexity index is 1660. The van der Waals surface area contributed by atoms with Crippen LogP contribution in [0.25, 0.3) is 11.1 Å². The summed E-state index contributed by atoms with van der Waals surface area (Å²) in [7, 11) is 2.45. The zero-order valence-corrected chi connectivity index (χ0v) is 28.2. The maximum absolute atomic E-state index is 2.83. The molecule has 0 radical (unpaired) electrons. The first-order valence-corrected chi connectivity index (χ1v) is 17.5. The molecule has 2 bridgehead atoms. The van der Waals surface area contributed by atoms with Gasteiger partial charge in [0.15, 0.2) is 0 Å². The van der Waals surface area contributed by atoms with Crippen LogP contribution in [-0.4, -0.2) is 13.2 Å². The molecule has 0 N–H and O–H groups in total. The molecule has 2 heterocycles. The zero-order valence-electron chi connectivity index (χ0n) is 28.2. The summed E-state index contributed by atoms with van der Waals surface area (Å²) in [6.45, 7) is 19.8. The molecule has 0 saturated heterocycles. The molecule has 5 aliphatic rings. The summed E-state index contributed by atoms with van der Waals surface area (Å²) in [5, 5.41) is 0. The minimum absolute atomic E-state index is 0.000460. The van der Waals surface area contributed by atoms with E-state index in [1.54, 1.807) is 27.9 Å². The highest BCUT2D eigenvalue weighted by atomic mass is 15.4. The highest BCUT2D eigenvalue weighted by Crippen LogP contribution is 2.69. The number of aryl methyl sites for hydroxylation is 1. The smallest absolute Gasteiger partial charge is 0.112 e. The molecular formula is C41H52N2. The third kappa shape index (κ3) is 3.16. The number of fused-ring (bicyclic) bond motifs is 14. The number of hydrogen-bond donors (Lipinski definition) is 0. The molecule has 43 heavy (non-hydrogen) atoms. The van der Waals surface area contributed by atoms with E-state index < -0.39 is 0 Å². The molecular weight excluding hydrogens is 520 g/mol. The van der Waals surface area contributed by atoms with Crippen molar-refractivity contribution >= 4 is 17.1 Å². The zero-order chi connectivity index (χ0) is 30.2. The van der Waals surface area contributed by atoms with Gasteiger partial charge in [0.05, 0.1) is 11.4 Å². The first kappa shape index (κ1) is 27.8. The summed E-state index contributed by atoms with van der Waals surface area (Å²) in [5.74, 6) is 2.40. The highest BCUT2D eigenvalue weighted by Gasteiger charge is 2.61. The molecule has 2 nitrogen and oxygen atoms in total. The van der Waals surface area contributed by atoms with E-state index in [4.69, 9.17) is 0 Å². The first-order valence-electron chi connectivity index (χ1n) is 17.5. The third-order valence-corrected chi connectivity index (χ3v) is 14.0. The second-order valence-corrected chi connectivity index (χ2v) is 16.0. The van der Waals surface area contributed by atoms with Gasteiger partial charge in [0.2, 0.25) is 0 Å². The Morgan fingerprint density at radius 3 is 2.30 bits per heavy atom. The van der Waals surface area contributed by atoms with Crippen molar-refractivity contribution in [3.8, 4) is 11.1 Å². The number of anilines is 3. The Kier molecular flexibility index (Phi) is 5.76. The average Bonchev–Trinajstić information content (AvgIpc) is 3.72. The maximum Gasteiger partial charge on any atom is 0.112 e. The van der Waals surface area contributed by atoms with E-state index >= 15 is 0 Å². The molecule has 1 saturated carbocycles. The predicted octanol–water partition coefficient (Wildman–Crippen LogP) is 11.1. The maximum atomic E-state index is 2.83. The molecule has 8 rings (SSSR count). The van der Waals surface area contributed by atoms with E-state index in [1.165, 1.54) is 65.7 Å². The summed E-state index contributed by atoms with van der Waals surface area (Å²) >= 11 is 0. The average molecular weight is 573 g/mol. The first-order chi connectivity index (χ1) is 20.5. The van der Waals surface area contributed by atoms with Gasteiger partial charge in [0.1, 0.15) is 6.17 Å². The van der Waals surface area contributed by atoms with E-state index in [1.807, 2.05) is 0 Å². The van der Waals surface area contributed by atoms with Crippen molar-refractivity contribution in [2.75, 3.05) is 16.8 Å². The molecule has 0 aromatic heterocycles.